The molecular weight excluding hydrogens is 396 g/mol. The molecule has 1 atom stereocenters. The number of sulfonamides is 1. The number of rotatable bonds is 4. The average molecular weight is 421 g/mol. The molecule has 150 valence electrons. The number of carbonyl (C=O) groups is 1. The summed E-state index contributed by atoms with van der Waals surface area (Å²) in [6, 6.07) is 10.8. The summed E-state index contributed by atoms with van der Waals surface area (Å²) < 4.78 is 28.0. The number of piperidine rings is 1. The number of benzene rings is 2. The second-order valence-electron chi connectivity index (χ2n) is 7.40. The highest BCUT2D eigenvalue weighted by Crippen LogP contribution is 2.30. The van der Waals surface area contributed by atoms with Crippen LogP contribution in [0.2, 0.25) is 5.02 Å². The van der Waals surface area contributed by atoms with Gasteiger partial charge in [-0.15, -0.1) is 0 Å². The van der Waals surface area contributed by atoms with Gasteiger partial charge < -0.3 is 5.32 Å². The molecule has 1 amide bonds. The highest BCUT2D eigenvalue weighted by molar-refractivity contribution is 7.89. The zero-order chi connectivity index (χ0) is 20.5. The van der Waals surface area contributed by atoms with Crippen LogP contribution in [0.15, 0.2) is 41.3 Å². The molecule has 0 aromatic heterocycles. The zero-order valence-electron chi connectivity index (χ0n) is 16.3. The van der Waals surface area contributed by atoms with Crippen LogP contribution in [-0.2, 0) is 14.8 Å². The Hall–Kier alpha value is -1.89. The van der Waals surface area contributed by atoms with Gasteiger partial charge in [-0.05, 0) is 56.9 Å². The molecule has 0 aliphatic carbocycles. The lowest BCUT2D eigenvalue weighted by Gasteiger charge is -2.32. The second-order valence-corrected chi connectivity index (χ2v) is 9.68. The minimum Gasteiger partial charge on any atom is -0.324 e. The molecule has 1 aliphatic heterocycles. The van der Waals surface area contributed by atoms with Crippen LogP contribution in [0.4, 0.5) is 5.69 Å². The molecule has 1 N–H and O–H groups in total. The lowest BCUT2D eigenvalue weighted by atomic mass is 9.99. The highest BCUT2D eigenvalue weighted by Gasteiger charge is 2.35. The highest BCUT2D eigenvalue weighted by atomic mass is 35.5. The van der Waals surface area contributed by atoms with Gasteiger partial charge in [0, 0.05) is 13.1 Å². The molecule has 1 aliphatic rings. The van der Waals surface area contributed by atoms with Crippen LogP contribution in [0.5, 0.6) is 0 Å². The van der Waals surface area contributed by atoms with Crippen LogP contribution in [0.1, 0.15) is 29.5 Å². The van der Waals surface area contributed by atoms with Crippen molar-refractivity contribution in [2.75, 3.05) is 18.4 Å². The average Bonchev–Trinajstić information content (AvgIpc) is 2.62. The van der Waals surface area contributed by atoms with E-state index in [0.29, 0.717) is 35.0 Å². The van der Waals surface area contributed by atoms with Crippen LogP contribution >= 0.6 is 11.6 Å². The Kier molecular flexibility index (Phi) is 6.12. The quantitative estimate of drug-likeness (QED) is 0.801. The van der Waals surface area contributed by atoms with Crippen LogP contribution in [-0.4, -0.2) is 31.7 Å². The van der Waals surface area contributed by atoms with Crippen LogP contribution in [0.25, 0.3) is 0 Å². The van der Waals surface area contributed by atoms with Crippen molar-refractivity contribution in [1.82, 2.24) is 4.31 Å². The first kappa shape index (κ1) is 20.8. The summed E-state index contributed by atoms with van der Waals surface area (Å²) in [6.45, 7) is 6.18. The Morgan fingerprint density at radius 1 is 1.14 bits per heavy atom. The van der Waals surface area contributed by atoms with E-state index in [9.17, 15) is 13.2 Å². The predicted octanol–water partition coefficient (Wildman–Crippen LogP) is 4.30. The van der Waals surface area contributed by atoms with E-state index in [4.69, 9.17) is 11.6 Å². The van der Waals surface area contributed by atoms with Gasteiger partial charge >= 0.3 is 0 Å². The normalized spacial score (nSPS) is 18.1. The fourth-order valence-corrected chi connectivity index (χ4v) is 5.99. The summed E-state index contributed by atoms with van der Waals surface area (Å²) in [5, 5.41) is 3.29. The number of aryl methyl sites for hydroxylation is 3. The van der Waals surface area contributed by atoms with Gasteiger partial charge in [0.15, 0.2) is 0 Å². The zero-order valence-corrected chi connectivity index (χ0v) is 17.9. The van der Waals surface area contributed by atoms with Crippen molar-refractivity contribution >= 4 is 33.2 Å². The maximum atomic E-state index is 13.3. The molecule has 1 fully saturated rings. The van der Waals surface area contributed by atoms with E-state index in [1.165, 1.54) is 4.31 Å². The molecule has 2 aromatic carbocycles. The first-order chi connectivity index (χ1) is 13.2. The largest absolute Gasteiger partial charge is 0.324 e. The maximum Gasteiger partial charge on any atom is 0.243 e. The molecule has 3 rings (SSSR count). The number of nitrogens with one attached hydrogen (secondary N) is 1. The van der Waals surface area contributed by atoms with E-state index in [0.717, 1.165) is 16.7 Å². The molecule has 1 saturated heterocycles. The monoisotopic (exact) mass is 420 g/mol. The fraction of sp³-hybridized carbons (Fsp3) is 0.381. The van der Waals surface area contributed by atoms with Gasteiger partial charge in [-0.2, -0.15) is 4.31 Å². The summed E-state index contributed by atoms with van der Waals surface area (Å²) in [7, 11) is -3.66. The van der Waals surface area contributed by atoms with E-state index < -0.39 is 15.9 Å². The van der Waals surface area contributed by atoms with Crippen LogP contribution < -0.4 is 5.32 Å². The van der Waals surface area contributed by atoms with Gasteiger partial charge in [-0.25, -0.2) is 8.42 Å². The minimum absolute atomic E-state index is 0.172. The summed E-state index contributed by atoms with van der Waals surface area (Å²) in [4.78, 5) is 13.1. The Labute approximate surface area is 171 Å². The van der Waals surface area contributed by atoms with E-state index in [1.54, 1.807) is 24.3 Å². The minimum atomic E-state index is -3.66. The molecule has 28 heavy (non-hydrogen) atoms. The topological polar surface area (TPSA) is 66.5 Å². The predicted molar refractivity (Wildman–Crippen MR) is 112 cm³/mol. The van der Waals surface area contributed by atoms with Crippen molar-refractivity contribution in [1.29, 1.82) is 0 Å². The van der Waals surface area contributed by atoms with Crippen molar-refractivity contribution in [3.8, 4) is 0 Å². The molecule has 0 spiro atoms. The van der Waals surface area contributed by atoms with E-state index in [-0.39, 0.29) is 12.5 Å². The summed E-state index contributed by atoms with van der Waals surface area (Å²) in [5.41, 5.74) is 3.05. The van der Waals surface area contributed by atoms with Crippen molar-refractivity contribution < 1.29 is 13.2 Å². The Balaban J connectivity index is 1.81. The number of halogens is 1. The number of para-hydroxylation sites is 1. The summed E-state index contributed by atoms with van der Waals surface area (Å²) >= 11 is 6.12. The van der Waals surface area contributed by atoms with Gasteiger partial charge in [0.25, 0.3) is 0 Å². The Morgan fingerprint density at radius 2 is 1.79 bits per heavy atom. The van der Waals surface area contributed by atoms with E-state index in [1.807, 2.05) is 32.9 Å². The van der Waals surface area contributed by atoms with E-state index >= 15 is 0 Å². The van der Waals surface area contributed by atoms with Gasteiger partial charge in [0.2, 0.25) is 15.9 Å². The number of amides is 1. The molecule has 5 nitrogen and oxygen atoms in total. The summed E-state index contributed by atoms with van der Waals surface area (Å²) in [6.07, 6.45) is 1.29. The first-order valence-electron chi connectivity index (χ1n) is 9.33. The third-order valence-electron chi connectivity index (χ3n) is 5.09. The molecule has 0 radical (unpaired) electrons. The standard InChI is InChI=1S/C21H25ClN2O3S/c1-14-11-15(2)20(16(3)12-14)28(26,27)24-10-6-7-17(13-24)21(25)23-19-9-5-4-8-18(19)22/h4-5,8-9,11-12,17H,6-7,10,13H2,1-3H3,(H,23,25)/t17-/m0/s1. The SMILES string of the molecule is Cc1cc(C)c(S(=O)(=O)N2CCC[C@H](C(=O)Nc3ccccc3Cl)C2)c(C)c1. The van der Waals surface area contributed by atoms with Crippen molar-refractivity contribution in [2.45, 2.75) is 38.5 Å². The van der Waals surface area contributed by atoms with Crippen LogP contribution in [0, 0.1) is 26.7 Å². The lowest BCUT2D eigenvalue weighted by Crippen LogP contribution is -2.44. The van der Waals surface area contributed by atoms with Gasteiger partial charge in [-0.3, -0.25) is 4.79 Å². The smallest absolute Gasteiger partial charge is 0.243 e. The molecule has 1 heterocycles. The Morgan fingerprint density at radius 3 is 2.43 bits per heavy atom. The molecule has 0 saturated carbocycles. The molecule has 7 heteroatoms. The van der Waals surface area contributed by atoms with Crippen LogP contribution in [0.3, 0.4) is 0 Å². The van der Waals surface area contributed by atoms with Gasteiger partial charge in [0.05, 0.1) is 21.5 Å². The Bertz CT molecular complexity index is 981. The number of carbonyl (C=O) groups excluding carboxylic acids is 1. The number of nitrogens with zero attached hydrogens (tertiary/aromatic N) is 1. The maximum absolute atomic E-state index is 13.3. The summed E-state index contributed by atoms with van der Waals surface area (Å²) in [5.74, 6) is -0.615. The first-order valence-corrected chi connectivity index (χ1v) is 11.2. The van der Waals surface area contributed by atoms with Crippen molar-refractivity contribution in [3.63, 3.8) is 0 Å². The third kappa shape index (κ3) is 4.24. The fourth-order valence-electron chi connectivity index (χ4n) is 3.87. The molecular formula is C21H25ClN2O3S. The third-order valence-corrected chi connectivity index (χ3v) is 7.59. The van der Waals surface area contributed by atoms with Crippen molar-refractivity contribution in [3.05, 3.63) is 58.1 Å². The lowest BCUT2D eigenvalue weighted by molar-refractivity contribution is -0.120. The molecule has 0 unspecified atom stereocenters. The van der Waals surface area contributed by atoms with Gasteiger partial charge in [0.1, 0.15) is 0 Å². The number of anilines is 1. The van der Waals surface area contributed by atoms with E-state index in [2.05, 4.69) is 5.32 Å². The second kappa shape index (κ2) is 8.23. The number of hydrogen-bond donors (Lipinski definition) is 1. The molecule has 0 bridgehead atoms. The van der Waals surface area contributed by atoms with Crippen molar-refractivity contribution in [2.24, 2.45) is 5.92 Å². The molecule has 2 aromatic rings. The number of hydrogen-bond acceptors (Lipinski definition) is 3. The van der Waals surface area contributed by atoms with Gasteiger partial charge in [-0.1, -0.05) is 41.4 Å².